The van der Waals surface area contributed by atoms with E-state index in [4.69, 9.17) is 21.3 Å². The number of rotatable bonds is 3. The fourth-order valence-electron chi connectivity index (χ4n) is 5.29. The van der Waals surface area contributed by atoms with Crippen molar-refractivity contribution in [3.05, 3.63) is 88.7 Å². The van der Waals surface area contributed by atoms with E-state index in [0.29, 0.717) is 10.9 Å². The molecule has 2 aliphatic heterocycles. The average molecular weight is 459 g/mol. The lowest BCUT2D eigenvalue weighted by molar-refractivity contribution is -0.0850. The molecule has 3 atom stereocenters. The van der Waals surface area contributed by atoms with Gasteiger partial charge in [0.1, 0.15) is 5.82 Å². The summed E-state index contributed by atoms with van der Waals surface area (Å²) in [4.78, 5) is 14.3. The van der Waals surface area contributed by atoms with Crippen molar-refractivity contribution < 1.29 is 4.74 Å². The van der Waals surface area contributed by atoms with Gasteiger partial charge in [0.2, 0.25) is 0 Å². The molecule has 0 spiro atoms. The van der Waals surface area contributed by atoms with Gasteiger partial charge in [-0.05, 0) is 42.7 Å². The van der Waals surface area contributed by atoms with Crippen LogP contribution < -0.4 is 4.90 Å². The molecule has 2 bridgehead atoms. The van der Waals surface area contributed by atoms with Crippen molar-refractivity contribution in [2.24, 2.45) is 0 Å². The SMILES string of the molecule is CC1=CCC(c2ccccc2)C=C1N1CC2CN(c3cnc4ccc(Cl)cc4n3)CC(C1)O2. The summed E-state index contributed by atoms with van der Waals surface area (Å²) in [7, 11) is 0. The minimum atomic E-state index is 0.139. The highest BCUT2D eigenvalue weighted by atomic mass is 35.5. The molecule has 0 saturated carbocycles. The molecule has 6 rings (SSSR count). The molecule has 2 fully saturated rings. The zero-order valence-corrected chi connectivity index (χ0v) is 19.4. The van der Waals surface area contributed by atoms with Crippen LogP contribution in [0.25, 0.3) is 11.0 Å². The van der Waals surface area contributed by atoms with E-state index in [9.17, 15) is 0 Å². The number of aromatic nitrogens is 2. The molecule has 2 saturated heterocycles. The van der Waals surface area contributed by atoms with Gasteiger partial charge in [-0.2, -0.15) is 0 Å². The van der Waals surface area contributed by atoms with Crippen molar-refractivity contribution in [1.29, 1.82) is 0 Å². The number of hydrogen-bond acceptors (Lipinski definition) is 5. The van der Waals surface area contributed by atoms with Gasteiger partial charge < -0.3 is 14.5 Å². The summed E-state index contributed by atoms with van der Waals surface area (Å²) in [5.74, 6) is 1.33. The molecule has 3 aliphatic rings. The Balaban J connectivity index is 1.21. The van der Waals surface area contributed by atoms with E-state index in [2.05, 4.69) is 64.2 Å². The first-order valence-corrected chi connectivity index (χ1v) is 12.0. The number of anilines is 1. The number of hydrogen-bond donors (Lipinski definition) is 0. The highest BCUT2D eigenvalue weighted by Crippen LogP contribution is 2.34. The number of ether oxygens (including phenoxy) is 1. The molecule has 1 aliphatic carbocycles. The monoisotopic (exact) mass is 458 g/mol. The summed E-state index contributed by atoms with van der Waals surface area (Å²) in [6.45, 7) is 5.63. The van der Waals surface area contributed by atoms with Gasteiger partial charge in [-0.1, -0.05) is 54.1 Å². The van der Waals surface area contributed by atoms with Gasteiger partial charge >= 0.3 is 0 Å². The minimum absolute atomic E-state index is 0.139. The van der Waals surface area contributed by atoms with Gasteiger partial charge in [-0.25, -0.2) is 4.98 Å². The maximum Gasteiger partial charge on any atom is 0.148 e. The summed E-state index contributed by atoms with van der Waals surface area (Å²) < 4.78 is 6.35. The van der Waals surface area contributed by atoms with Crippen LogP contribution in [0.5, 0.6) is 0 Å². The summed E-state index contributed by atoms with van der Waals surface area (Å²) >= 11 is 6.17. The van der Waals surface area contributed by atoms with Gasteiger partial charge in [0.05, 0.1) is 29.4 Å². The molecule has 2 aromatic carbocycles. The van der Waals surface area contributed by atoms with Crippen molar-refractivity contribution in [3.63, 3.8) is 0 Å². The predicted octanol–water partition coefficient (Wildman–Crippen LogP) is 5.19. The van der Waals surface area contributed by atoms with Crippen molar-refractivity contribution in [3.8, 4) is 0 Å². The Labute approximate surface area is 199 Å². The van der Waals surface area contributed by atoms with Crippen molar-refractivity contribution >= 4 is 28.5 Å². The largest absolute Gasteiger partial charge is 0.368 e. The molecule has 3 aromatic rings. The number of allylic oxidation sites excluding steroid dienone is 3. The molecule has 0 radical (unpaired) electrons. The van der Waals surface area contributed by atoms with Gasteiger partial charge in [0, 0.05) is 42.8 Å². The van der Waals surface area contributed by atoms with Crippen molar-refractivity contribution in [2.45, 2.75) is 31.5 Å². The Morgan fingerprint density at radius 2 is 1.70 bits per heavy atom. The van der Waals surface area contributed by atoms with E-state index >= 15 is 0 Å². The standard InChI is InChI=1S/C27H27ClN4O/c1-18-7-8-20(19-5-3-2-4-6-19)11-26(18)31-14-22-16-32(17-23(15-31)33-22)27-13-29-24-10-9-21(28)12-25(24)30-27/h2-7,9-13,20,22-23H,8,14-17H2,1H3. The van der Waals surface area contributed by atoms with Crippen LogP contribution in [0.3, 0.4) is 0 Å². The van der Waals surface area contributed by atoms with Crippen LogP contribution in [0, 0.1) is 0 Å². The molecule has 6 heteroatoms. The third-order valence-electron chi connectivity index (χ3n) is 6.91. The van der Waals surface area contributed by atoms with Crippen molar-refractivity contribution in [2.75, 3.05) is 31.1 Å². The Bertz CT molecular complexity index is 1230. The van der Waals surface area contributed by atoms with Crippen LogP contribution in [-0.4, -0.2) is 53.3 Å². The molecule has 1 aromatic heterocycles. The summed E-state index contributed by atoms with van der Waals surface area (Å²) in [6.07, 6.45) is 8.06. The zero-order valence-electron chi connectivity index (χ0n) is 18.7. The van der Waals surface area contributed by atoms with E-state index in [1.807, 2.05) is 24.4 Å². The van der Waals surface area contributed by atoms with Crippen LogP contribution >= 0.6 is 11.6 Å². The lowest BCUT2D eigenvalue weighted by Crippen LogP contribution is -2.59. The highest BCUT2D eigenvalue weighted by Gasteiger charge is 2.37. The molecule has 33 heavy (non-hydrogen) atoms. The molecule has 0 N–H and O–H groups in total. The van der Waals surface area contributed by atoms with E-state index < -0.39 is 0 Å². The van der Waals surface area contributed by atoms with Crippen LogP contribution in [-0.2, 0) is 4.74 Å². The Morgan fingerprint density at radius 1 is 0.939 bits per heavy atom. The molecular weight excluding hydrogens is 432 g/mol. The minimum Gasteiger partial charge on any atom is -0.368 e. The number of fused-ring (bicyclic) bond motifs is 3. The third-order valence-corrected chi connectivity index (χ3v) is 7.14. The first-order valence-electron chi connectivity index (χ1n) is 11.6. The number of nitrogens with zero attached hydrogens (tertiary/aromatic N) is 4. The Hall–Kier alpha value is -2.89. The van der Waals surface area contributed by atoms with Crippen LogP contribution in [0.2, 0.25) is 5.02 Å². The molecule has 0 amide bonds. The normalized spacial score (nSPS) is 25.1. The molecule has 168 valence electrons. The lowest BCUT2D eigenvalue weighted by Gasteiger charge is -2.48. The first-order chi connectivity index (χ1) is 16.1. The van der Waals surface area contributed by atoms with E-state index in [-0.39, 0.29) is 12.2 Å². The van der Waals surface area contributed by atoms with E-state index in [0.717, 1.165) is 49.5 Å². The Morgan fingerprint density at radius 3 is 2.48 bits per heavy atom. The third kappa shape index (κ3) is 4.11. The number of morpholine rings is 2. The van der Waals surface area contributed by atoms with Gasteiger partial charge in [0.25, 0.3) is 0 Å². The summed E-state index contributed by atoms with van der Waals surface area (Å²) in [5.41, 5.74) is 5.81. The lowest BCUT2D eigenvalue weighted by atomic mass is 9.88. The molecule has 3 heterocycles. The second-order valence-electron chi connectivity index (χ2n) is 9.24. The van der Waals surface area contributed by atoms with Gasteiger partial charge in [-0.15, -0.1) is 0 Å². The number of benzene rings is 2. The van der Waals surface area contributed by atoms with Crippen LogP contribution in [0.15, 0.2) is 78.1 Å². The zero-order chi connectivity index (χ0) is 22.4. The van der Waals surface area contributed by atoms with E-state index in [1.165, 1.54) is 16.8 Å². The maximum absolute atomic E-state index is 6.35. The van der Waals surface area contributed by atoms with Crippen LogP contribution in [0.1, 0.15) is 24.8 Å². The smallest absolute Gasteiger partial charge is 0.148 e. The molecular formula is C27H27ClN4O. The fraction of sp³-hybridized carbons (Fsp3) is 0.333. The van der Waals surface area contributed by atoms with Crippen LogP contribution in [0.4, 0.5) is 5.82 Å². The maximum atomic E-state index is 6.35. The second kappa shape index (κ2) is 8.47. The van der Waals surface area contributed by atoms with Gasteiger partial charge in [-0.3, -0.25) is 4.98 Å². The first kappa shape index (κ1) is 20.7. The second-order valence-corrected chi connectivity index (χ2v) is 9.68. The quantitative estimate of drug-likeness (QED) is 0.540. The number of halogens is 1. The summed E-state index contributed by atoms with van der Waals surface area (Å²) in [5, 5.41) is 0.682. The van der Waals surface area contributed by atoms with E-state index in [1.54, 1.807) is 0 Å². The summed E-state index contributed by atoms with van der Waals surface area (Å²) in [6, 6.07) is 16.5. The van der Waals surface area contributed by atoms with Crippen molar-refractivity contribution in [1.82, 2.24) is 14.9 Å². The molecule has 3 unspecified atom stereocenters. The fourth-order valence-corrected chi connectivity index (χ4v) is 5.46. The Kier molecular flexibility index (Phi) is 5.31. The predicted molar refractivity (Wildman–Crippen MR) is 133 cm³/mol. The average Bonchev–Trinajstić information content (AvgIpc) is 2.84. The highest BCUT2D eigenvalue weighted by molar-refractivity contribution is 6.31. The topological polar surface area (TPSA) is 41.5 Å². The van der Waals surface area contributed by atoms with Gasteiger partial charge in [0.15, 0.2) is 0 Å². The molecule has 5 nitrogen and oxygen atoms in total.